The Labute approximate surface area is 244 Å². The Kier molecular flexibility index (Phi) is 8.83. The summed E-state index contributed by atoms with van der Waals surface area (Å²) in [5.41, 5.74) is 10.4. The fourth-order valence-corrected chi connectivity index (χ4v) is 6.76. The molecule has 0 saturated carbocycles. The molecule has 0 atom stereocenters. The highest BCUT2D eigenvalue weighted by Gasteiger charge is 2.28. The first-order chi connectivity index (χ1) is 20.2. The number of rotatable bonds is 9. The summed E-state index contributed by atoms with van der Waals surface area (Å²) in [5, 5.41) is 0. The summed E-state index contributed by atoms with van der Waals surface area (Å²) in [7, 11) is 3.47. The van der Waals surface area contributed by atoms with Crippen LogP contribution in [0.3, 0.4) is 0 Å². The molecule has 1 saturated heterocycles. The van der Waals surface area contributed by atoms with Crippen molar-refractivity contribution < 1.29 is 14.2 Å². The molecule has 2 aliphatic carbocycles. The molecule has 1 fully saturated rings. The molecule has 2 aromatic carbocycles. The van der Waals surface area contributed by atoms with E-state index in [1.807, 2.05) is 6.07 Å². The van der Waals surface area contributed by atoms with Crippen LogP contribution in [0.2, 0.25) is 0 Å². The van der Waals surface area contributed by atoms with Crippen LogP contribution in [0.5, 0.6) is 5.75 Å². The van der Waals surface area contributed by atoms with Crippen LogP contribution >= 0.6 is 0 Å². The number of benzene rings is 2. The number of fused-ring (bicyclic) bond motifs is 1. The lowest BCUT2D eigenvalue weighted by Gasteiger charge is -2.36. The van der Waals surface area contributed by atoms with Crippen molar-refractivity contribution in [3.05, 3.63) is 106 Å². The number of nitrogens with zero attached hydrogens (tertiary/aromatic N) is 2. The molecule has 0 unspecified atom stereocenters. The smallest absolute Gasteiger partial charge is 0.159 e. The minimum Gasteiger partial charge on any atom is -0.489 e. The second kappa shape index (κ2) is 13.1. The van der Waals surface area contributed by atoms with E-state index in [1.54, 1.807) is 14.2 Å². The van der Waals surface area contributed by atoms with Crippen LogP contribution in [-0.4, -0.2) is 38.6 Å². The van der Waals surface area contributed by atoms with Crippen LogP contribution in [-0.2, 0) is 22.5 Å². The molecule has 0 N–H and O–H groups in total. The van der Waals surface area contributed by atoms with Gasteiger partial charge in [0, 0.05) is 38.8 Å². The SMILES string of the molecule is COC(OC)C1CCN(c2ccc(C3=C(C4=CCCCC4)CCc4cc(OCc5ccccc5)ccc43)nc2)CC1. The number of anilines is 1. The standard InChI is InChI=1S/C36H42N2O3/c1-39-36(40-2)28-19-21-38(22-20-28)30-14-18-34(37-24-30)35-32(27-11-7-4-8-12-27)16-13-29-23-31(15-17-33(29)35)41-25-26-9-5-3-6-10-26/h3,5-6,9-11,14-15,17-18,23-24,28,36H,4,7-8,12-13,16,19-22,25H2,1-2H3. The minimum absolute atomic E-state index is 0.118. The van der Waals surface area contributed by atoms with Crippen molar-refractivity contribution in [2.75, 3.05) is 32.2 Å². The second-order valence-electron chi connectivity index (χ2n) is 11.5. The number of ether oxygens (including phenoxy) is 3. The van der Waals surface area contributed by atoms with Crippen LogP contribution in [0, 0.1) is 5.92 Å². The molecule has 3 aliphatic rings. The van der Waals surface area contributed by atoms with Crippen LogP contribution in [0.25, 0.3) is 5.57 Å². The highest BCUT2D eigenvalue weighted by atomic mass is 16.7. The molecule has 3 aromatic rings. The van der Waals surface area contributed by atoms with Crippen LogP contribution in [0.15, 0.2) is 84.1 Å². The Hall–Kier alpha value is -3.41. The van der Waals surface area contributed by atoms with Gasteiger partial charge < -0.3 is 19.1 Å². The van der Waals surface area contributed by atoms with Gasteiger partial charge in [0.05, 0.1) is 17.6 Å². The van der Waals surface area contributed by atoms with E-state index in [0.717, 1.165) is 50.2 Å². The third kappa shape index (κ3) is 6.27. The molecule has 0 amide bonds. The van der Waals surface area contributed by atoms with Gasteiger partial charge in [-0.1, -0.05) is 42.5 Å². The van der Waals surface area contributed by atoms with Crippen LogP contribution < -0.4 is 9.64 Å². The normalized spacial score (nSPS) is 17.9. The lowest BCUT2D eigenvalue weighted by molar-refractivity contribution is -0.141. The quantitative estimate of drug-likeness (QED) is 0.255. The highest BCUT2D eigenvalue weighted by molar-refractivity contribution is 5.86. The third-order valence-electron chi connectivity index (χ3n) is 8.98. The van der Waals surface area contributed by atoms with E-state index < -0.39 is 0 Å². The number of hydrogen-bond acceptors (Lipinski definition) is 5. The molecule has 5 heteroatoms. The van der Waals surface area contributed by atoms with Gasteiger partial charge in [-0.2, -0.15) is 0 Å². The minimum atomic E-state index is -0.118. The zero-order valence-electron chi connectivity index (χ0n) is 24.5. The summed E-state index contributed by atoms with van der Waals surface area (Å²) in [4.78, 5) is 7.54. The lowest BCUT2D eigenvalue weighted by atomic mass is 9.78. The number of hydrogen-bond donors (Lipinski definition) is 0. The molecule has 6 rings (SSSR count). The van der Waals surface area contributed by atoms with E-state index in [9.17, 15) is 0 Å². The lowest BCUT2D eigenvalue weighted by Crippen LogP contribution is -2.39. The average Bonchev–Trinajstić information content (AvgIpc) is 3.05. The Morgan fingerprint density at radius 1 is 0.902 bits per heavy atom. The third-order valence-corrected chi connectivity index (χ3v) is 8.98. The van der Waals surface area contributed by atoms with Gasteiger partial charge in [0.15, 0.2) is 6.29 Å². The first-order valence-electron chi connectivity index (χ1n) is 15.2. The molecule has 5 nitrogen and oxygen atoms in total. The maximum Gasteiger partial charge on any atom is 0.159 e. The van der Waals surface area contributed by atoms with Gasteiger partial charge in [-0.05, 0) is 103 Å². The molecular formula is C36H42N2O3. The van der Waals surface area contributed by atoms with Crippen molar-refractivity contribution in [1.82, 2.24) is 4.98 Å². The maximum absolute atomic E-state index is 6.20. The van der Waals surface area contributed by atoms with E-state index in [2.05, 4.69) is 71.8 Å². The van der Waals surface area contributed by atoms with Crippen molar-refractivity contribution in [2.45, 2.75) is 64.3 Å². The van der Waals surface area contributed by atoms with Crippen LogP contribution in [0.1, 0.15) is 67.3 Å². The molecule has 0 bridgehead atoms. The largest absolute Gasteiger partial charge is 0.489 e. The van der Waals surface area contributed by atoms with Crippen molar-refractivity contribution in [1.29, 1.82) is 0 Å². The number of allylic oxidation sites excluding steroid dienone is 3. The monoisotopic (exact) mass is 550 g/mol. The molecule has 41 heavy (non-hydrogen) atoms. The van der Waals surface area contributed by atoms with Gasteiger partial charge in [0.2, 0.25) is 0 Å². The number of pyridine rings is 1. The summed E-state index contributed by atoms with van der Waals surface area (Å²) in [6.07, 6.45) is 13.5. The van der Waals surface area contributed by atoms with Crippen molar-refractivity contribution in [2.24, 2.45) is 5.92 Å². The topological polar surface area (TPSA) is 43.8 Å². The van der Waals surface area contributed by atoms with E-state index in [-0.39, 0.29) is 6.29 Å². The molecule has 1 aromatic heterocycles. The zero-order chi connectivity index (χ0) is 28.0. The summed E-state index contributed by atoms with van der Waals surface area (Å²) in [5.74, 6) is 1.37. The van der Waals surface area contributed by atoms with E-state index >= 15 is 0 Å². The van der Waals surface area contributed by atoms with Gasteiger partial charge in [-0.15, -0.1) is 0 Å². The first kappa shape index (κ1) is 27.7. The van der Waals surface area contributed by atoms with Gasteiger partial charge in [-0.3, -0.25) is 4.98 Å². The van der Waals surface area contributed by atoms with Crippen LogP contribution in [0.4, 0.5) is 5.69 Å². The zero-order valence-corrected chi connectivity index (χ0v) is 24.5. The predicted molar refractivity (Wildman–Crippen MR) is 165 cm³/mol. The highest BCUT2D eigenvalue weighted by Crippen LogP contribution is 2.42. The van der Waals surface area contributed by atoms with Crippen molar-refractivity contribution >= 4 is 11.3 Å². The number of methoxy groups -OCH3 is 2. The number of aromatic nitrogens is 1. The number of piperidine rings is 1. The summed E-state index contributed by atoms with van der Waals surface area (Å²) >= 11 is 0. The fourth-order valence-electron chi connectivity index (χ4n) is 6.76. The Morgan fingerprint density at radius 2 is 1.73 bits per heavy atom. The van der Waals surface area contributed by atoms with Crippen molar-refractivity contribution in [3.63, 3.8) is 0 Å². The average molecular weight is 551 g/mol. The fraction of sp³-hybridized carbons (Fsp3) is 0.417. The van der Waals surface area contributed by atoms with Gasteiger partial charge in [0.25, 0.3) is 0 Å². The van der Waals surface area contributed by atoms with E-state index in [1.165, 1.54) is 64.8 Å². The van der Waals surface area contributed by atoms with Gasteiger partial charge in [0.1, 0.15) is 12.4 Å². The molecule has 0 radical (unpaired) electrons. The van der Waals surface area contributed by atoms with Gasteiger partial charge >= 0.3 is 0 Å². The molecule has 2 heterocycles. The first-order valence-corrected chi connectivity index (χ1v) is 15.2. The van der Waals surface area contributed by atoms with Gasteiger partial charge in [-0.25, -0.2) is 0 Å². The summed E-state index contributed by atoms with van der Waals surface area (Å²) in [6.45, 7) is 2.56. The molecule has 0 spiro atoms. The molecule has 1 aliphatic heterocycles. The Bertz CT molecular complexity index is 1370. The van der Waals surface area contributed by atoms with Crippen molar-refractivity contribution in [3.8, 4) is 5.75 Å². The summed E-state index contributed by atoms with van der Waals surface area (Å²) in [6, 6.07) is 21.5. The molecule has 214 valence electrons. The Morgan fingerprint density at radius 3 is 2.44 bits per heavy atom. The summed E-state index contributed by atoms with van der Waals surface area (Å²) < 4.78 is 17.2. The van der Waals surface area contributed by atoms with E-state index in [0.29, 0.717) is 12.5 Å². The predicted octanol–water partition coefficient (Wildman–Crippen LogP) is 7.74. The second-order valence-corrected chi connectivity index (χ2v) is 11.5. The van der Waals surface area contributed by atoms with E-state index in [4.69, 9.17) is 19.2 Å². The number of aryl methyl sites for hydroxylation is 1. The maximum atomic E-state index is 6.20. The Balaban J connectivity index is 1.25. The molecular weight excluding hydrogens is 508 g/mol.